The standard InChI is InChI=1S/C25H25ClN2O4/c1-16-3-5-17(6-4-16)22-21-23(29)19-15-18(26)7-8-20(19)32-24(21)25(30)28(22)10-2-9-27-11-13-31-14-12-27/h3-8,15,22H,2,9-14H2,1H3/p+1/t22-/m1/s1. The lowest BCUT2D eigenvalue weighted by molar-refractivity contribution is -0.908. The van der Waals surface area contributed by atoms with E-state index < -0.39 is 6.04 Å². The number of fused-ring (bicyclic) bond motifs is 2. The van der Waals surface area contributed by atoms with Gasteiger partial charge in [-0.1, -0.05) is 41.4 Å². The maximum absolute atomic E-state index is 13.5. The summed E-state index contributed by atoms with van der Waals surface area (Å²) in [6.07, 6.45) is 0.844. The van der Waals surface area contributed by atoms with Gasteiger partial charge in [0.25, 0.3) is 5.91 Å². The fourth-order valence-electron chi connectivity index (χ4n) is 4.73. The van der Waals surface area contributed by atoms with Gasteiger partial charge in [-0.2, -0.15) is 0 Å². The minimum absolute atomic E-state index is 0.147. The Morgan fingerprint density at radius 3 is 2.59 bits per heavy atom. The number of amides is 1. The van der Waals surface area contributed by atoms with Gasteiger partial charge in [0.05, 0.1) is 36.8 Å². The van der Waals surface area contributed by atoms with Crippen molar-refractivity contribution in [2.75, 3.05) is 39.4 Å². The third kappa shape index (κ3) is 3.83. The number of carbonyl (C=O) groups is 1. The topological polar surface area (TPSA) is 64.2 Å². The Morgan fingerprint density at radius 1 is 1.09 bits per heavy atom. The van der Waals surface area contributed by atoms with Crippen molar-refractivity contribution in [1.82, 2.24) is 4.90 Å². The molecule has 1 N–H and O–H groups in total. The van der Waals surface area contributed by atoms with Crippen LogP contribution in [-0.2, 0) is 4.74 Å². The van der Waals surface area contributed by atoms with E-state index in [1.54, 1.807) is 23.1 Å². The van der Waals surface area contributed by atoms with Crippen molar-refractivity contribution in [3.8, 4) is 0 Å². The van der Waals surface area contributed by atoms with Gasteiger partial charge in [-0.05, 0) is 30.7 Å². The number of rotatable bonds is 5. The predicted molar refractivity (Wildman–Crippen MR) is 123 cm³/mol. The molecule has 32 heavy (non-hydrogen) atoms. The lowest BCUT2D eigenvalue weighted by Gasteiger charge is -2.27. The van der Waals surface area contributed by atoms with E-state index in [1.807, 2.05) is 31.2 Å². The zero-order valence-electron chi connectivity index (χ0n) is 18.0. The Morgan fingerprint density at radius 2 is 1.84 bits per heavy atom. The van der Waals surface area contributed by atoms with Crippen molar-refractivity contribution in [1.29, 1.82) is 0 Å². The summed E-state index contributed by atoms with van der Waals surface area (Å²) in [6, 6.07) is 12.5. The molecule has 6 nitrogen and oxygen atoms in total. The average molecular weight is 454 g/mol. The van der Waals surface area contributed by atoms with Crippen molar-refractivity contribution in [2.24, 2.45) is 0 Å². The Bertz CT molecular complexity index is 1220. The fourth-order valence-corrected chi connectivity index (χ4v) is 4.90. The van der Waals surface area contributed by atoms with Crippen LogP contribution < -0.4 is 10.3 Å². The van der Waals surface area contributed by atoms with E-state index in [0.29, 0.717) is 28.1 Å². The molecule has 0 aliphatic carbocycles. The molecule has 5 rings (SSSR count). The number of hydrogen-bond acceptors (Lipinski definition) is 4. The predicted octanol–water partition coefficient (Wildman–Crippen LogP) is 2.61. The van der Waals surface area contributed by atoms with Gasteiger partial charge in [-0.25, -0.2) is 0 Å². The van der Waals surface area contributed by atoms with E-state index in [4.69, 9.17) is 20.8 Å². The van der Waals surface area contributed by atoms with Gasteiger partial charge in [-0.15, -0.1) is 0 Å². The summed E-state index contributed by atoms with van der Waals surface area (Å²) in [4.78, 5) is 30.2. The number of ether oxygens (including phenoxy) is 1. The first-order valence-corrected chi connectivity index (χ1v) is 11.5. The second-order valence-corrected chi connectivity index (χ2v) is 9.03. The molecule has 0 spiro atoms. The molecule has 3 heterocycles. The van der Waals surface area contributed by atoms with Crippen LogP contribution in [0.25, 0.3) is 11.0 Å². The van der Waals surface area contributed by atoms with Crippen molar-refractivity contribution < 1.29 is 18.8 Å². The maximum Gasteiger partial charge on any atom is 0.290 e. The molecule has 3 aromatic rings. The average Bonchev–Trinajstić information content (AvgIpc) is 3.08. The molecule has 2 aliphatic heterocycles. The first-order chi connectivity index (χ1) is 15.5. The quantitative estimate of drug-likeness (QED) is 0.645. The number of aryl methyl sites for hydroxylation is 1. The van der Waals surface area contributed by atoms with Gasteiger partial charge in [0.2, 0.25) is 5.76 Å². The number of halogens is 1. The SMILES string of the molecule is Cc1ccc([C@@H]2c3c(oc4ccc(Cl)cc4c3=O)C(=O)N2CCC[NH+]2CCOCC2)cc1. The highest BCUT2D eigenvalue weighted by Gasteiger charge is 2.42. The third-order valence-corrected chi connectivity index (χ3v) is 6.69. The zero-order chi connectivity index (χ0) is 22.2. The number of carbonyl (C=O) groups excluding carboxylic acids is 1. The van der Waals surface area contributed by atoms with E-state index in [0.717, 1.165) is 50.4 Å². The summed E-state index contributed by atoms with van der Waals surface area (Å²) in [5, 5.41) is 0.868. The van der Waals surface area contributed by atoms with Gasteiger partial charge in [0, 0.05) is 18.0 Å². The Kier molecular flexibility index (Phi) is 5.76. The van der Waals surface area contributed by atoms with Gasteiger partial charge in [-0.3, -0.25) is 9.59 Å². The van der Waals surface area contributed by atoms with Crippen molar-refractivity contribution in [3.63, 3.8) is 0 Å². The minimum Gasteiger partial charge on any atom is -0.450 e. The third-order valence-electron chi connectivity index (χ3n) is 6.45. The molecule has 0 saturated carbocycles. The highest BCUT2D eigenvalue weighted by atomic mass is 35.5. The van der Waals surface area contributed by atoms with Gasteiger partial charge >= 0.3 is 0 Å². The number of benzene rings is 2. The van der Waals surface area contributed by atoms with Crippen LogP contribution in [0, 0.1) is 6.92 Å². The zero-order valence-corrected chi connectivity index (χ0v) is 18.8. The van der Waals surface area contributed by atoms with Crippen molar-refractivity contribution in [2.45, 2.75) is 19.4 Å². The molecular formula is C25H26ClN2O4+. The molecule has 0 unspecified atom stereocenters. The summed E-state index contributed by atoms with van der Waals surface area (Å²) in [5.74, 6) is -0.0781. The van der Waals surface area contributed by atoms with Gasteiger partial charge in [0.1, 0.15) is 18.7 Å². The summed E-state index contributed by atoms with van der Waals surface area (Å²) < 4.78 is 11.4. The largest absolute Gasteiger partial charge is 0.450 e. The second kappa shape index (κ2) is 8.70. The molecule has 1 atom stereocenters. The molecule has 1 fully saturated rings. The molecule has 0 bridgehead atoms. The van der Waals surface area contributed by atoms with E-state index in [2.05, 4.69) is 0 Å². The molecule has 1 aromatic heterocycles. The van der Waals surface area contributed by atoms with Crippen LogP contribution in [0.15, 0.2) is 51.7 Å². The fraction of sp³-hybridized carbons (Fsp3) is 0.360. The van der Waals surface area contributed by atoms with Crippen LogP contribution in [0.3, 0.4) is 0 Å². The van der Waals surface area contributed by atoms with Gasteiger partial charge in [0.15, 0.2) is 5.43 Å². The summed E-state index contributed by atoms with van der Waals surface area (Å²) in [7, 11) is 0. The normalized spacial score (nSPS) is 19.0. The summed E-state index contributed by atoms with van der Waals surface area (Å²) >= 11 is 6.14. The summed E-state index contributed by atoms with van der Waals surface area (Å²) in [5.41, 5.74) is 2.64. The number of nitrogens with zero attached hydrogens (tertiary/aromatic N) is 1. The van der Waals surface area contributed by atoms with Crippen LogP contribution in [0.2, 0.25) is 5.02 Å². The van der Waals surface area contributed by atoms with Crippen molar-refractivity contribution in [3.05, 3.63) is 80.2 Å². The van der Waals surface area contributed by atoms with E-state index in [9.17, 15) is 9.59 Å². The smallest absolute Gasteiger partial charge is 0.290 e. The molecule has 0 radical (unpaired) electrons. The van der Waals surface area contributed by atoms with Gasteiger partial charge < -0.3 is 19.0 Å². The minimum atomic E-state index is -0.461. The van der Waals surface area contributed by atoms with Crippen LogP contribution in [0.4, 0.5) is 0 Å². The second-order valence-electron chi connectivity index (χ2n) is 8.59. The molecule has 1 saturated heterocycles. The number of quaternary nitrogens is 1. The van der Waals surface area contributed by atoms with Crippen LogP contribution >= 0.6 is 11.6 Å². The molecule has 166 valence electrons. The first-order valence-electron chi connectivity index (χ1n) is 11.1. The molecule has 2 aromatic carbocycles. The van der Waals surface area contributed by atoms with E-state index >= 15 is 0 Å². The highest BCUT2D eigenvalue weighted by Crippen LogP contribution is 2.38. The first kappa shape index (κ1) is 21.2. The van der Waals surface area contributed by atoms with Crippen LogP contribution in [-0.4, -0.2) is 50.2 Å². The lowest BCUT2D eigenvalue weighted by Crippen LogP contribution is -3.14. The molecule has 1 amide bonds. The monoisotopic (exact) mass is 453 g/mol. The molecule has 2 aliphatic rings. The van der Waals surface area contributed by atoms with E-state index in [-0.39, 0.29) is 17.1 Å². The number of nitrogens with one attached hydrogen (secondary N) is 1. The van der Waals surface area contributed by atoms with Crippen LogP contribution in [0.5, 0.6) is 0 Å². The Hall–Kier alpha value is -2.67. The Labute approximate surface area is 191 Å². The highest BCUT2D eigenvalue weighted by molar-refractivity contribution is 6.31. The lowest BCUT2D eigenvalue weighted by atomic mass is 9.97. The summed E-state index contributed by atoms with van der Waals surface area (Å²) in [6.45, 7) is 7.07. The molecular weight excluding hydrogens is 428 g/mol. The Balaban J connectivity index is 1.53. The number of morpholine rings is 1. The maximum atomic E-state index is 13.5. The van der Waals surface area contributed by atoms with Crippen LogP contribution in [0.1, 0.15) is 39.7 Å². The van der Waals surface area contributed by atoms with E-state index in [1.165, 1.54) is 4.90 Å². The molecule has 7 heteroatoms. The van der Waals surface area contributed by atoms with Crippen molar-refractivity contribution >= 4 is 28.5 Å². The number of hydrogen-bond donors (Lipinski definition) is 1.